The van der Waals surface area contributed by atoms with Gasteiger partial charge in [-0.25, -0.2) is 9.97 Å². The molecule has 1 heterocycles. The molecule has 0 radical (unpaired) electrons. The van der Waals surface area contributed by atoms with Crippen LogP contribution in [0.3, 0.4) is 0 Å². The standard InChI is InChI=1S/C11H15BrN2/c1-7-8(2)13-11(14-10(7)12)9-5-3-4-6-9/h9H,3-6H2,1-2H3. The maximum Gasteiger partial charge on any atom is 0.132 e. The zero-order chi connectivity index (χ0) is 10.1. The molecule has 1 fully saturated rings. The van der Waals surface area contributed by atoms with Crippen LogP contribution in [0.4, 0.5) is 0 Å². The van der Waals surface area contributed by atoms with Crippen molar-refractivity contribution in [3.05, 3.63) is 21.7 Å². The summed E-state index contributed by atoms with van der Waals surface area (Å²) in [5, 5.41) is 0. The monoisotopic (exact) mass is 254 g/mol. The molecule has 1 aromatic heterocycles. The number of hydrogen-bond acceptors (Lipinski definition) is 2. The highest BCUT2D eigenvalue weighted by Crippen LogP contribution is 2.33. The van der Waals surface area contributed by atoms with Crippen molar-refractivity contribution in [2.24, 2.45) is 0 Å². The van der Waals surface area contributed by atoms with E-state index in [9.17, 15) is 0 Å². The van der Waals surface area contributed by atoms with E-state index in [2.05, 4.69) is 39.7 Å². The summed E-state index contributed by atoms with van der Waals surface area (Å²) in [6.45, 7) is 4.11. The normalized spacial score (nSPS) is 17.6. The first-order valence-corrected chi connectivity index (χ1v) is 5.98. The fraction of sp³-hybridized carbons (Fsp3) is 0.636. The molecule has 0 unspecified atom stereocenters. The van der Waals surface area contributed by atoms with Crippen LogP contribution in [-0.2, 0) is 0 Å². The largest absolute Gasteiger partial charge is 0.238 e. The Hall–Kier alpha value is -0.440. The van der Waals surface area contributed by atoms with Crippen molar-refractivity contribution in [1.29, 1.82) is 0 Å². The fourth-order valence-electron chi connectivity index (χ4n) is 1.98. The molecule has 0 aliphatic heterocycles. The summed E-state index contributed by atoms with van der Waals surface area (Å²) in [5.41, 5.74) is 2.26. The van der Waals surface area contributed by atoms with Gasteiger partial charge < -0.3 is 0 Å². The third-order valence-electron chi connectivity index (χ3n) is 3.07. The first-order chi connectivity index (χ1) is 6.68. The van der Waals surface area contributed by atoms with E-state index >= 15 is 0 Å². The van der Waals surface area contributed by atoms with Gasteiger partial charge in [-0.3, -0.25) is 0 Å². The molecule has 1 aromatic rings. The van der Waals surface area contributed by atoms with Crippen LogP contribution >= 0.6 is 15.9 Å². The first-order valence-electron chi connectivity index (χ1n) is 5.19. The van der Waals surface area contributed by atoms with E-state index in [1.54, 1.807) is 0 Å². The van der Waals surface area contributed by atoms with Crippen LogP contribution in [-0.4, -0.2) is 9.97 Å². The van der Waals surface area contributed by atoms with Crippen molar-refractivity contribution in [2.75, 3.05) is 0 Å². The van der Waals surface area contributed by atoms with Gasteiger partial charge in [0.1, 0.15) is 10.4 Å². The van der Waals surface area contributed by atoms with Crippen LogP contribution in [0.15, 0.2) is 4.60 Å². The van der Waals surface area contributed by atoms with E-state index in [1.807, 2.05) is 0 Å². The molecule has 0 atom stereocenters. The predicted octanol–water partition coefficient (Wildman–Crippen LogP) is 3.51. The second kappa shape index (κ2) is 3.97. The van der Waals surface area contributed by atoms with E-state index in [0.717, 1.165) is 21.7 Å². The van der Waals surface area contributed by atoms with Crippen LogP contribution < -0.4 is 0 Å². The molecular formula is C11H15BrN2. The predicted molar refractivity (Wildman–Crippen MR) is 60.4 cm³/mol. The van der Waals surface area contributed by atoms with Crippen molar-refractivity contribution >= 4 is 15.9 Å². The van der Waals surface area contributed by atoms with Crippen LogP contribution in [0.1, 0.15) is 48.7 Å². The van der Waals surface area contributed by atoms with Crippen LogP contribution in [0.25, 0.3) is 0 Å². The van der Waals surface area contributed by atoms with Crippen molar-refractivity contribution in [2.45, 2.75) is 45.4 Å². The Bertz CT molecular complexity index is 320. The number of halogens is 1. The van der Waals surface area contributed by atoms with Gasteiger partial charge in [0.05, 0.1) is 0 Å². The summed E-state index contributed by atoms with van der Waals surface area (Å²) in [4.78, 5) is 9.10. The Balaban J connectivity index is 2.34. The number of hydrogen-bond donors (Lipinski definition) is 0. The summed E-state index contributed by atoms with van der Waals surface area (Å²) in [5.74, 6) is 1.64. The summed E-state index contributed by atoms with van der Waals surface area (Å²) in [6.07, 6.45) is 5.18. The fourth-order valence-corrected chi connectivity index (χ4v) is 2.45. The van der Waals surface area contributed by atoms with Gasteiger partial charge in [0.2, 0.25) is 0 Å². The molecule has 0 N–H and O–H groups in total. The van der Waals surface area contributed by atoms with Gasteiger partial charge in [-0.2, -0.15) is 0 Å². The summed E-state index contributed by atoms with van der Waals surface area (Å²) >= 11 is 3.49. The minimum absolute atomic E-state index is 0.602. The molecule has 2 rings (SSSR count). The lowest BCUT2D eigenvalue weighted by molar-refractivity contribution is 0.659. The lowest BCUT2D eigenvalue weighted by Crippen LogP contribution is -2.04. The lowest BCUT2D eigenvalue weighted by Gasteiger charge is -2.10. The van der Waals surface area contributed by atoms with Gasteiger partial charge in [0.15, 0.2) is 0 Å². The Morgan fingerprint density at radius 1 is 1.14 bits per heavy atom. The summed E-state index contributed by atoms with van der Waals surface area (Å²) in [7, 11) is 0. The van der Waals surface area contributed by atoms with E-state index < -0.39 is 0 Å². The zero-order valence-corrected chi connectivity index (χ0v) is 10.3. The topological polar surface area (TPSA) is 25.8 Å². The number of aryl methyl sites for hydroxylation is 1. The highest BCUT2D eigenvalue weighted by Gasteiger charge is 2.20. The van der Waals surface area contributed by atoms with Crippen LogP contribution in [0.2, 0.25) is 0 Å². The van der Waals surface area contributed by atoms with Gasteiger partial charge in [-0.05, 0) is 42.6 Å². The molecule has 2 nitrogen and oxygen atoms in total. The molecule has 3 heteroatoms. The highest BCUT2D eigenvalue weighted by molar-refractivity contribution is 9.10. The van der Waals surface area contributed by atoms with E-state index in [1.165, 1.54) is 25.7 Å². The molecule has 1 aliphatic carbocycles. The van der Waals surface area contributed by atoms with E-state index in [4.69, 9.17) is 0 Å². The van der Waals surface area contributed by atoms with E-state index in [-0.39, 0.29) is 0 Å². The number of rotatable bonds is 1. The molecule has 0 spiro atoms. The maximum absolute atomic E-state index is 4.57. The Morgan fingerprint density at radius 2 is 1.79 bits per heavy atom. The maximum atomic E-state index is 4.57. The van der Waals surface area contributed by atoms with Gasteiger partial charge in [-0.1, -0.05) is 12.8 Å². The number of aromatic nitrogens is 2. The van der Waals surface area contributed by atoms with Crippen molar-refractivity contribution < 1.29 is 0 Å². The summed E-state index contributed by atoms with van der Waals surface area (Å²) < 4.78 is 0.965. The molecule has 0 saturated heterocycles. The molecule has 14 heavy (non-hydrogen) atoms. The zero-order valence-electron chi connectivity index (χ0n) is 8.68. The summed E-state index contributed by atoms with van der Waals surface area (Å²) in [6, 6.07) is 0. The minimum atomic E-state index is 0.602. The van der Waals surface area contributed by atoms with Crippen molar-refractivity contribution in [1.82, 2.24) is 9.97 Å². The van der Waals surface area contributed by atoms with Gasteiger partial charge in [-0.15, -0.1) is 0 Å². The van der Waals surface area contributed by atoms with Gasteiger partial charge in [0.25, 0.3) is 0 Å². The molecule has 0 amide bonds. The van der Waals surface area contributed by atoms with Gasteiger partial charge >= 0.3 is 0 Å². The van der Waals surface area contributed by atoms with Crippen molar-refractivity contribution in [3.63, 3.8) is 0 Å². The first kappa shape index (κ1) is 10.1. The molecular weight excluding hydrogens is 240 g/mol. The average molecular weight is 255 g/mol. The van der Waals surface area contributed by atoms with E-state index in [0.29, 0.717) is 5.92 Å². The molecule has 1 saturated carbocycles. The molecule has 0 aromatic carbocycles. The molecule has 76 valence electrons. The van der Waals surface area contributed by atoms with Crippen molar-refractivity contribution in [3.8, 4) is 0 Å². The Morgan fingerprint density at radius 3 is 2.36 bits per heavy atom. The number of nitrogens with zero attached hydrogens (tertiary/aromatic N) is 2. The van der Waals surface area contributed by atoms with Crippen LogP contribution in [0.5, 0.6) is 0 Å². The SMILES string of the molecule is Cc1nc(C2CCCC2)nc(Br)c1C. The Kier molecular flexibility index (Phi) is 2.86. The highest BCUT2D eigenvalue weighted by atomic mass is 79.9. The third kappa shape index (κ3) is 1.83. The smallest absolute Gasteiger partial charge is 0.132 e. The molecule has 1 aliphatic rings. The third-order valence-corrected chi connectivity index (χ3v) is 3.84. The minimum Gasteiger partial charge on any atom is -0.238 e. The molecule has 0 bridgehead atoms. The van der Waals surface area contributed by atoms with Crippen LogP contribution in [0, 0.1) is 13.8 Å². The Labute approximate surface area is 93.3 Å². The second-order valence-electron chi connectivity index (χ2n) is 4.06. The van der Waals surface area contributed by atoms with Gasteiger partial charge in [0, 0.05) is 17.2 Å². The second-order valence-corrected chi connectivity index (χ2v) is 4.82. The average Bonchev–Trinajstić information content (AvgIpc) is 2.66. The lowest BCUT2D eigenvalue weighted by atomic mass is 10.1. The quantitative estimate of drug-likeness (QED) is 0.717.